The number of ether oxygens (including phenoxy) is 4. The van der Waals surface area contributed by atoms with Crippen molar-refractivity contribution in [3.05, 3.63) is 47.4 Å². The van der Waals surface area contributed by atoms with E-state index >= 15 is 0 Å². The van der Waals surface area contributed by atoms with Crippen LogP contribution in [0.5, 0.6) is 23.0 Å². The molecule has 0 amide bonds. The lowest BCUT2D eigenvalue weighted by Gasteiger charge is -2.37. The average Bonchev–Trinajstić information content (AvgIpc) is 4.15. The predicted molar refractivity (Wildman–Crippen MR) is 202 cm³/mol. The third kappa shape index (κ3) is 6.89. The van der Waals surface area contributed by atoms with Crippen molar-refractivity contribution >= 4 is 33.4 Å². The van der Waals surface area contributed by atoms with Crippen LogP contribution in [-0.4, -0.2) is 87.6 Å². The Morgan fingerprint density at radius 1 is 0.673 bits per heavy atom. The molecular formula is C38H50N10O4. The molecule has 4 aliphatic rings. The number of rotatable bonds is 11. The first-order chi connectivity index (χ1) is 25.4. The van der Waals surface area contributed by atoms with Crippen molar-refractivity contribution < 1.29 is 18.9 Å². The van der Waals surface area contributed by atoms with E-state index in [2.05, 4.69) is 39.8 Å². The number of azide groups is 1. The largest absolute Gasteiger partial charge is 0.493 e. The summed E-state index contributed by atoms with van der Waals surface area (Å²) < 4.78 is 21.7. The molecule has 2 aliphatic heterocycles. The van der Waals surface area contributed by atoms with E-state index in [0.29, 0.717) is 40.9 Å². The van der Waals surface area contributed by atoms with E-state index in [9.17, 15) is 0 Å². The molecule has 14 nitrogen and oxygen atoms in total. The monoisotopic (exact) mass is 710 g/mol. The fraction of sp³-hybridized carbons (Fsp3) is 0.579. The molecule has 2 aliphatic carbocycles. The van der Waals surface area contributed by atoms with Gasteiger partial charge in [0, 0.05) is 60.5 Å². The first-order valence-corrected chi connectivity index (χ1v) is 18.4. The molecule has 0 radical (unpaired) electrons. The van der Waals surface area contributed by atoms with E-state index in [1.54, 1.807) is 41.1 Å². The van der Waals surface area contributed by atoms with Crippen LogP contribution in [0.25, 0.3) is 32.2 Å². The van der Waals surface area contributed by atoms with Gasteiger partial charge in [0.15, 0.2) is 23.0 Å². The molecule has 2 saturated carbocycles. The maximum atomic E-state index is 8.64. The summed E-state index contributed by atoms with van der Waals surface area (Å²) in [5.74, 6) is 6.07. The van der Waals surface area contributed by atoms with Gasteiger partial charge < -0.3 is 34.5 Å². The fourth-order valence-electron chi connectivity index (χ4n) is 8.62. The zero-order valence-electron chi connectivity index (χ0n) is 30.8. The van der Waals surface area contributed by atoms with Crippen LogP contribution in [0.2, 0.25) is 0 Å². The summed E-state index contributed by atoms with van der Waals surface area (Å²) in [5.41, 5.74) is 17.1. The van der Waals surface area contributed by atoms with Gasteiger partial charge in [0.25, 0.3) is 0 Å². The standard InChI is InChI=1S/C19H24N6O2.C19H26N4O2/c1-26-16-9-14-15(10-17(16)27-2)21-12-22-18(14)25-7-3-13(4-8-25)19(5-6-19)11-23-24-20;1-24-16-9-14-15(10-17(16)25-2)21-12-22-18(14)23-7-3-13(4-8-23)19(11-20)5-6-19/h9-10,12-13H,3-8,11H2,1-2H3;9-10,12-13H,3-8,11,20H2,1-2H3. The topological polar surface area (TPSA) is 170 Å². The lowest BCUT2D eigenvalue weighted by Crippen LogP contribution is -2.39. The normalized spacial score (nSPS) is 19.3. The maximum absolute atomic E-state index is 8.64. The van der Waals surface area contributed by atoms with Crippen molar-refractivity contribution in [1.29, 1.82) is 0 Å². The number of aromatic nitrogens is 4. The molecule has 0 spiro atoms. The van der Waals surface area contributed by atoms with Gasteiger partial charge in [0.2, 0.25) is 0 Å². The Labute approximate surface area is 304 Å². The molecule has 4 fully saturated rings. The summed E-state index contributed by atoms with van der Waals surface area (Å²) in [4.78, 5) is 25.6. The number of hydrogen-bond acceptors (Lipinski definition) is 12. The van der Waals surface area contributed by atoms with Crippen LogP contribution in [0.1, 0.15) is 51.4 Å². The lowest BCUT2D eigenvalue weighted by molar-refractivity contribution is 0.258. The van der Waals surface area contributed by atoms with Crippen molar-refractivity contribution in [3.63, 3.8) is 0 Å². The van der Waals surface area contributed by atoms with Gasteiger partial charge in [-0.2, -0.15) is 0 Å². The Kier molecular flexibility index (Phi) is 10.3. The summed E-state index contributed by atoms with van der Waals surface area (Å²) in [6.07, 6.45) is 12.8. The van der Waals surface area contributed by atoms with E-state index in [1.165, 1.54) is 38.5 Å². The average molecular weight is 711 g/mol. The highest BCUT2D eigenvalue weighted by Crippen LogP contribution is 2.56. The maximum Gasteiger partial charge on any atom is 0.162 e. The molecule has 2 saturated heterocycles. The van der Waals surface area contributed by atoms with Crippen molar-refractivity contribution in [3.8, 4) is 23.0 Å². The quantitative estimate of drug-likeness (QED) is 0.102. The van der Waals surface area contributed by atoms with Gasteiger partial charge in [-0.3, -0.25) is 0 Å². The summed E-state index contributed by atoms with van der Waals surface area (Å²) in [6, 6.07) is 7.75. The number of methoxy groups -OCH3 is 4. The first-order valence-electron chi connectivity index (χ1n) is 18.4. The van der Waals surface area contributed by atoms with Crippen molar-refractivity contribution in [2.45, 2.75) is 51.4 Å². The van der Waals surface area contributed by atoms with Gasteiger partial charge in [0.05, 0.1) is 39.5 Å². The Morgan fingerprint density at radius 2 is 1.08 bits per heavy atom. The summed E-state index contributed by atoms with van der Waals surface area (Å²) in [5, 5.41) is 5.84. The van der Waals surface area contributed by atoms with E-state index in [0.717, 1.165) is 84.9 Å². The minimum atomic E-state index is 0.253. The van der Waals surface area contributed by atoms with Crippen molar-refractivity contribution in [1.82, 2.24) is 19.9 Å². The van der Waals surface area contributed by atoms with Crippen LogP contribution >= 0.6 is 0 Å². The zero-order valence-corrected chi connectivity index (χ0v) is 30.8. The van der Waals surface area contributed by atoms with Crippen molar-refractivity contribution in [2.75, 3.05) is 77.5 Å². The minimum absolute atomic E-state index is 0.253. The van der Waals surface area contributed by atoms with Gasteiger partial charge in [-0.1, -0.05) is 5.11 Å². The number of fused-ring (bicyclic) bond motifs is 2. The highest BCUT2D eigenvalue weighted by Gasteiger charge is 2.49. The number of nitrogens with zero attached hydrogens (tertiary/aromatic N) is 9. The van der Waals surface area contributed by atoms with Crippen LogP contribution in [0.15, 0.2) is 42.0 Å². The second-order valence-corrected chi connectivity index (χ2v) is 14.7. The second kappa shape index (κ2) is 15.0. The van der Waals surface area contributed by atoms with Crippen LogP contribution in [0.3, 0.4) is 0 Å². The van der Waals surface area contributed by atoms with E-state index < -0.39 is 0 Å². The van der Waals surface area contributed by atoms with Gasteiger partial charge in [-0.25, -0.2) is 19.9 Å². The third-order valence-corrected chi connectivity index (χ3v) is 12.2. The molecule has 4 heterocycles. The minimum Gasteiger partial charge on any atom is -0.493 e. The number of anilines is 2. The lowest BCUT2D eigenvalue weighted by atomic mass is 9.81. The zero-order chi connectivity index (χ0) is 36.3. The van der Waals surface area contributed by atoms with Crippen LogP contribution in [0, 0.1) is 22.7 Å². The molecule has 14 heteroatoms. The van der Waals surface area contributed by atoms with Gasteiger partial charge in [-0.05, 0) is 98.2 Å². The second-order valence-electron chi connectivity index (χ2n) is 14.7. The summed E-state index contributed by atoms with van der Waals surface area (Å²) >= 11 is 0. The van der Waals surface area contributed by atoms with Crippen LogP contribution < -0.4 is 34.5 Å². The van der Waals surface area contributed by atoms with Crippen LogP contribution in [0.4, 0.5) is 11.6 Å². The van der Waals surface area contributed by atoms with Gasteiger partial charge in [-0.15, -0.1) is 0 Å². The molecule has 0 bridgehead atoms. The summed E-state index contributed by atoms with van der Waals surface area (Å²) in [6.45, 7) is 5.42. The number of benzene rings is 2. The molecule has 2 aromatic heterocycles. The van der Waals surface area contributed by atoms with Gasteiger partial charge >= 0.3 is 0 Å². The Morgan fingerprint density at radius 3 is 1.44 bits per heavy atom. The number of piperidine rings is 2. The highest BCUT2D eigenvalue weighted by atomic mass is 16.5. The molecule has 276 valence electrons. The Balaban J connectivity index is 0.000000162. The molecule has 8 rings (SSSR count). The molecule has 0 unspecified atom stereocenters. The molecule has 52 heavy (non-hydrogen) atoms. The third-order valence-electron chi connectivity index (χ3n) is 12.2. The highest BCUT2D eigenvalue weighted by molar-refractivity contribution is 5.93. The van der Waals surface area contributed by atoms with E-state index in [1.807, 2.05) is 24.3 Å². The van der Waals surface area contributed by atoms with Crippen LogP contribution in [-0.2, 0) is 0 Å². The number of hydrogen-bond donors (Lipinski definition) is 1. The predicted octanol–water partition coefficient (Wildman–Crippen LogP) is 6.56. The van der Waals surface area contributed by atoms with E-state index in [4.69, 9.17) is 30.2 Å². The Bertz CT molecular complexity index is 1930. The summed E-state index contributed by atoms with van der Waals surface area (Å²) in [7, 11) is 6.56. The fourth-order valence-corrected chi connectivity index (χ4v) is 8.62. The van der Waals surface area contributed by atoms with Gasteiger partial charge in [0.1, 0.15) is 24.3 Å². The molecular weight excluding hydrogens is 660 g/mol. The molecule has 4 aromatic rings. The smallest absolute Gasteiger partial charge is 0.162 e. The molecule has 2 aromatic carbocycles. The number of nitrogens with two attached hydrogens (primary N) is 1. The van der Waals surface area contributed by atoms with E-state index in [-0.39, 0.29) is 5.41 Å². The SMILES string of the molecule is COc1cc2ncnc(N3CCC(C4(CN)CC4)CC3)c2cc1OC.COc1cc2ncnc(N3CCC(C4(CN=[N+]=[N-])CC4)CC3)c2cc1OC. The van der Waals surface area contributed by atoms with Crippen molar-refractivity contribution in [2.24, 2.45) is 33.5 Å². The molecule has 0 atom stereocenters. The molecule has 2 N–H and O–H groups in total. The Hall–Kier alpha value is -4.81. The first kappa shape index (κ1) is 35.6.